The van der Waals surface area contributed by atoms with E-state index in [-0.39, 0.29) is 5.56 Å². The minimum absolute atomic E-state index is 0.0904. The molecule has 23 heavy (non-hydrogen) atoms. The number of ether oxygens (including phenoxy) is 1. The van der Waals surface area contributed by atoms with Gasteiger partial charge in [-0.15, -0.1) is 0 Å². The van der Waals surface area contributed by atoms with Crippen LogP contribution in [0.2, 0.25) is 0 Å². The first-order valence-electron chi connectivity index (χ1n) is 7.90. The van der Waals surface area contributed by atoms with Crippen LogP contribution in [0.1, 0.15) is 19.4 Å². The number of benzene rings is 2. The Labute approximate surface area is 135 Å². The van der Waals surface area contributed by atoms with Gasteiger partial charge in [0.2, 0.25) is 0 Å². The number of hydrogen-bond donors (Lipinski definition) is 1. The Morgan fingerprint density at radius 3 is 2.57 bits per heavy atom. The van der Waals surface area contributed by atoms with Crippen molar-refractivity contribution >= 4 is 10.8 Å². The van der Waals surface area contributed by atoms with Crippen molar-refractivity contribution in [1.29, 1.82) is 0 Å². The molecule has 1 N–H and O–H groups in total. The van der Waals surface area contributed by atoms with Gasteiger partial charge in [-0.05, 0) is 47.6 Å². The molecule has 0 spiro atoms. The molecule has 0 amide bonds. The fourth-order valence-corrected chi connectivity index (χ4v) is 2.69. The Kier molecular flexibility index (Phi) is 4.20. The van der Waals surface area contributed by atoms with Crippen molar-refractivity contribution in [2.24, 2.45) is 5.92 Å². The number of aryl methyl sites for hydroxylation is 1. The van der Waals surface area contributed by atoms with Crippen molar-refractivity contribution < 1.29 is 4.74 Å². The van der Waals surface area contributed by atoms with Gasteiger partial charge >= 0.3 is 0 Å². The van der Waals surface area contributed by atoms with E-state index in [1.54, 1.807) is 6.20 Å². The zero-order chi connectivity index (χ0) is 16.4. The lowest BCUT2D eigenvalue weighted by atomic mass is 9.97. The Hall–Kier alpha value is -2.55. The highest BCUT2D eigenvalue weighted by Crippen LogP contribution is 2.30. The zero-order valence-corrected chi connectivity index (χ0v) is 13.7. The molecule has 118 valence electrons. The van der Waals surface area contributed by atoms with E-state index < -0.39 is 0 Å². The van der Waals surface area contributed by atoms with Crippen molar-refractivity contribution in [3.05, 3.63) is 64.6 Å². The van der Waals surface area contributed by atoms with Gasteiger partial charge in [0, 0.05) is 11.8 Å². The Morgan fingerprint density at radius 1 is 1.04 bits per heavy atom. The molecule has 0 aliphatic heterocycles. The van der Waals surface area contributed by atoms with Gasteiger partial charge in [-0.1, -0.05) is 38.1 Å². The summed E-state index contributed by atoms with van der Waals surface area (Å²) in [5.74, 6) is 1.18. The van der Waals surface area contributed by atoms with Crippen LogP contribution in [0.5, 0.6) is 5.75 Å². The molecule has 0 atom stereocenters. The van der Waals surface area contributed by atoms with Gasteiger partial charge in [0.25, 0.3) is 5.56 Å². The molecule has 2 aromatic carbocycles. The lowest BCUT2D eigenvalue weighted by molar-refractivity contribution is 0.271. The molecule has 0 fully saturated rings. The van der Waals surface area contributed by atoms with Crippen LogP contribution in [0.3, 0.4) is 0 Å². The molecule has 3 rings (SSSR count). The molecule has 3 nitrogen and oxygen atoms in total. The molecule has 1 heterocycles. The topological polar surface area (TPSA) is 42.1 Å². The zero-order valence-electron chi connectivity index (χ0n) is 13.7. The molecule has 3 heteroatoms. The molecular weight excluding hydrogens is 286 g/mol. The lowest BCUT2D eigenvalue weighted by Crippen LogP contribution is -2.08. The maximum absolute atomic E-state index is 12.2. The summed E-state index contributed by atoms with van der Waals surface area (Å²) < 4.78 is 5.75. The standard InChI is InChI=1S/C20H21NO2/c1-13(2)12-23-15-8-9-17-18(10-15)20(22)21-11-19(17)16-7-5-4-6-14(16)3/h4-11,13H,12H2,1-3H3,(H,21,22). The lowest BCUT2D eigenvalue weighted by Gasteiger charge is -2.12. The fourth-order valence-electron chi connectivity index (χ4n) is 2.69. The van der Waals surface area contributed by atoms with Gasteiger partial charge in [0.05, 0.1) is 12.0 Å². The van der Waals surface area contributed by atoms with Gasteiger partial charge in [-0.2, -0.15) is 0 Å². The number of nitrogens with one attached hydrogen (secondary N) is 1. The van der Waals surface area contributed by atoms with E-state index >= 15 is 0 Å². The van der Waals surface area contributed by atoms with Crippen LogP contribution < -0.4 is 10.3 Å². The molecule has 1 aromatic heterocycles. The summed E-state index contributed by atoms with van der Waals surface area (Å²) in [4.78, 5) is 15.1. The van der Waals surface area contributed by atoms with Crippen molar-refractivity contribution in [2.75, 3.05) is 6.61 Å². The molecule has 0 aliphatic carbocycles. The Morgan fingerprint density at radius 2 is 1.83 bits per heavy atom. The smallest absolute Gasteiger partial charge is 0.255 e. The van der Waals surface area contributed by atoms with E-state index in [2.05, 4.69) is 37.9 Å². The van der Waals surface area contributed by atoms with Crippen LogP contribution in [0, 0.1) is 12.8 Å². The second-order valence-corrected chi connectivity index (χ2v) is 6.26. The van der Waals surface area contributed by atoms with Crippen LogP contribution in [0.25, 0.3) is 21.9 Å². The third-order valence-electron chi connectivity index (χ3n) is 3.89. The summed E-state index contributed by atoms with van der Waals surface area (Å²) in [6.45, 7) is 6.92. The van der Waals surface area contributed by atoms with E-state index in [0.717, 1.165) is 22.3 Å². The van der Waals surface area contributed by atoms with E-state index in [1.807, 2.05) is 30.3 Å². The SMILES string of the molecule is Cc1ccccc1-c1c[nH]c(=O)c2cc(OCC(C)C)ccc12. The first kappa shape index (κ1) is 15.3. The third-order valence-corrected chi connectivity index (χ3v) is 3.89. The predicted molar refractivity (Wildman–Crippen MR) is 95.1 cm³/mol. The summed E-state index contributed by atoms with van der Waals surface area (Å²) in [5, 5.41) is 1.60. The molecule has 0 aliphatic rings. The van der Waals surface area contributed by atoms with Crippen LogP contribution in [0.4, 0.5) is 0 Å². The number of hydrogen-bond acceptors (Lipinski definition) is 2. The molecule has 3 aromatic rings. The van der Waals surface area contributed by atoms with Crippen molar-refractivity contribution in [3.8, 4) is 16.9 Å². The van der Waals surface area contributed by atoms with Gasteiger partial charge in [0.15, 0.2) is 0 Å². The van der Waals surface area contributed by atoms with Crippen LogP contribution in [-0.4, -0.2) is 11.6 Å². The number of aromatic amines is 1. The summed E-state index contributed by atoms with van der Waals surface area (Å²) in [6, 6.07) is 13.9. The number of fused-ring (bicyclic) bond motifs is 1. The van der Waals surface area contributed by atoms with Crippen LogP contribution >= 0.6 is 0 Å². The second kappa shape index (κ2) is 6.29. The van der Waals surface area contributed by atoms with Crippen molar-refractivity contribution in [1.82, 2.24) is 4.98 Å². The van der Waals surface area contributed by atoms with E-state index in [0.29, 0.717) is 17.9 Å². The third kappa shape index (κ3) is 3.14. The molecule has 0 bridgehead atoms. The number of aromatic nitrogens is 1. The number of pyridine rings is 1. The minimum atomic E-state index is -0.0904. The highest BCUT2D eigenvalue weighted by Gasteiger charge is 2.10. The van der Waals surface area contributed by atoms with Gasteiger partial charge in [-0.25, -0.2) is 0 Å². The van der Waals surface area contributed by atoms with Crippen LogP contribution in [-0.2, 0) is 0 Å². The normalized spacial score (nSPS) is 11.1. The second-order valence-electron chi connectivity index (χ2n) is 6.26. The summed E-state index contributed by atoms with van der Waals surface area (Å²) in [5.41, 5.74) is 3.26. The van der Waals surface area contributed by atoms with E-state index in [4.69, 9.17) is 4.74 Å². The van der Waals surface area contributed by atoms with Crippen molar-refractivity contribution in [3.63, 3.8) is 0 Å². The number of H-pyrrole nitrogens is 1. The Balaban J connectivity index is 2.14. The van der Waals surface area contributed by atoms with Crippen LogP contribution in [0.15, 0.2) is 53.5 Å². The van der Waals surface area contributed by atoms with E-state index in [9.17, 15) is 4.79 Å². The average molecular weight is 307 g/mol. The largest absolute Gasteiger partial charge is 0.493 e. The quantitative estimate of drug-likeness (QED) is 0.769. The molecule has 0 saturated carbocycles. The van der Waals surface area contributed by atoms with Gasteiger partial charge in [-0.3, -0.25) is 4.79 Å². The average Bonchev–Trinajstić information content (AvgIpc) is 2.54. The highest BCUT2D eigenvalue weighted by molar-refractivity contribution is 5.96. The molecule has 0 saturated heterocycles. The Bertz CT molecular complexity index is 894. The molecule has 0 radical (unpaired) electrons. The monoisotopic (exact) mass is 307 g/mol. The molecule has 0 unspecified atom stereocenters. The fraction of sp³-hybridized carbons (Fsp3) is 0.250. The number of rotatable bonds is 4. The minimum Gasteiger partial charge on any atom is -0.493 e. The predicted octanol–water partition coefficient (Wildman–Crippen LogP) is 4.54. The first-order valence-corrected chi connectivity index (χ1v) is 7.90. The molecular formula is C20H21NO2. The maximum Gasteiger partial charge on any atom is 0.255 e. The maximum atomic E-state index is 12.2. The summed E-state index contributed by atoms with van der Waals surface area (Å²) in [7, 11) is 0. The van der Waals surface area contributed by atoms with Gasteiger partial charge < -0.3 is 9.72 Å². The summed E-state index contributed by atoms with van der Waals surface area (Å²) in [6.07, 6.45) is 1.79. The first-order chi connectivity index (χ1) is 11.1. The van der Waals surface area contributed by atoms with Crippen molar-refractivity contribution in [2.45, 2.75) is 20.8 Å². The van der Waals surface area contributed by atoms with Gasteiger partial charge in [0.1, 0.15) is 5.75 Å². The highest BCUT2D eigenvalue weighted by atomic mass is 16.5. The summed E-state index contributed by atoms with van der Waals surface area (Å²) >= 11 is 0. The van der Waals surface area contributed by atoms with E-state index in [1.165, 1.54) is 5.56 Å².